The van der Waals surface area contributed by atoms with Gasteiger partial charge in [-0.05, 0) is 53.6 Å². The molecule has 1 heterocycles. The van der Waals surface area contributed by atoms with E-state index in [4.69, 9.17) is 0 Å². The van der Waals surface area contributed by atoms with Crippen molar-refractivity contribution < 1.29 is 9.18 Å². The highest BCUT2D eigenvalue weighted by Crippen LogP contribution is 2.40. The van der Waals surface area contributed by atoms with Crippen molar-refractivity contribution in [3.05, 3.63) is 64.5 Å². The summed E-state index contributed by atoms with van der Waals surface area (Å²) in [5.41, 5.74) is 5.21. The van der Waals surface area contributed by atoms with Crippen LogP contribution in [0.15, 0.2) is 36.4 Å². The Balaban J connectivity index is 1.88. The van der Waals surface area contributed by atoms with Gasteiger partial charge in [-0.3, -0.25) is 4.79 Å². The Kier molecular flexibility index (Phi) is 2.81. The maximum atomic E-state index is 14.1. The van der Waals surface area contributed by atoms with Crippen LogP contribution in [0.5, 0.6) is 0 Å². The van der Waals surface area contributed by atoms with Crippen LogP contribution in [0.25, 0.3) is 0 Å². The molecule has 0 spiro atoms. The van der Waals surface area contributed by atoms with Gasteiger partial charge in [-0.1, -0.05) is 24.3 Å². The lowest BCUT2D eigenvalue weighted by Crippen LogP contribution is -2.24. The first kappa shape index (κ1) is 12.6. The second-order valence-corrected chi connectivity index (χ2v) is 5.89. The third-order valence-corrected chi connectivity index (χ3v) is 4.58. The van der Waals surface area contributed by atoms with E-state index in [1.807, 2.05) is 6.07 Å². The molecule has 0 fully saturated rings. The van der Waals surface area contributed by atoms with Gasteiger partial charge in [-0.2, -0.15) is 0 Å². The number of benzene rings is 2. The van der Waals surface area contributed by atoms with Gasteiger partial charge in [-0.15, -0.1) is 0 Å². The smallest absolute Gasteiger partial charge is 0.225 e. The number of rotatable bonds is 1. The van der Waals surface area contributed by atoms with Gasteiger partial charge in [0.25, 0.3) is 0 Å². The van der Waals surface area contributed by atoms with E-state index in [1.165, 1.54) is 17.2 Å². The molecular formula is C18H16FNO. The summed E-state index contributed by atoms with van der Waals surface area (Å²) in [6.45, 7) is 0. The van der Waals surface area contributed by atoms with E-state index in [1.54, 1.807) is 12.1 Å². The minimum atomic E-state index is -0.233. The highest BCUT2D eigenvalue weighted by atomic mass is 19.1. The molecule has 1 N–H and O–H groups in total. The molecule has 1 aliphatic carbocycles. The van der Waals surface area contributed by atoms with Crippen molar-refractivity contribution in [2.45, 2.75) is 31.6 Å². The average Bonchev–Trinajstić information content (AvgIpc) is 2.92. The molecule has 0 saturated heterocycles. The number of anilines is 1. The van der Waals surface area contributed by atoms with E-state index in [0.717, 1.165) is 30.5 Å². The van der Waals surface area contributed by atoms with E-state index in [2.05, 4.69) is 17.4 Å². The molecule has 0 saturated carbocycles. The summed E-state index contributed by atoms with van der Waals surface area (Å²) in [7, 11) is 0. The number of carbonyl (C=O) groups is 1. The van der Waals surface area contributed by atoms with Gasteiger partial charge in [0.15, 0.2) is 0 Å². The second-order valence-electron chi connectivity index (χ2n) is 5.89. The molecule has 2 aromatic rings. The fraction of sp³-hybridized carbons (Fsp3) is 0.278. The van der Waals surface area contributed by atoms with Crippen molar-refractivity contribution in [2.24, 2.45) is 0 Å². The van der Waals surface area contributed by atoms with Crippen molar-refractivity contribution in [1.82, 2.24) is 0 Å². The zero-order valence-corrected chi connectivity index (χ0v) is 11.7. The van der Waals surface area contributed by atoms with Crippen molar-refractivity contribution in [1.29, 1.82) is 0 Å². The fourth-order valence-electron chi connectivity index (χ4n) is 3.57. The van der Waals surface area contributed by atoms with Gasteiger partial charge in [0.2, 0.25) is 5.91 Å². The van der Waals surface area contributed by atoms with Gasteiger partial charge in [0, 0.05) is 18.0 Å². The number of nitrogens with one attached hydrogen (secondary N) is 1. The van der Waals surface area contributed by atoms with Crippen LogP contribution < -0.4 is 5.32 Å². The van der Waals surface area contributed by atoms with Crippen LogP contribution in [-0.4, -0.2) is 5.91 Å². The average molecular weight is 281 g/mol. The first-order chi connectivity index (χ1) is 10.2. The lowest BCUT2D eigenvalue weighted by Gasteiger charge is -2.27. The quantitative estimate of drug-likeness (QED) is 0.846. The zero-order valence-electron chi connectivity index (χ0n) is 11.7. The summed E-state index contributed by atoms with van der Waals surface area (Å²) in [6, 6.07) is 11.0. The van der Waals surface area contributed by atoms with E-state index >= 15 is 0 Å². The predicted molar refractivity (Wildman–Crippen MR) is 80.0 cm³/mol. The maximum absolute atomic E-state index is 14.1. The Morgan fingerprint density at radius 2 is 1.81 bits per heavy atom. The van der Waals surface area contributed by atoms with Gasteiger partial charge in [-0.25, -0.2) is 4.39 Å². The minimum Gasteiger partial charge on any atom is -0.326 e. The SMILES string of the molecule is O=C1C[C@@H](c2ccccc2F)c2cc3c(cc2N1)CCC3. The molecule has 2 aromatic carbocycles. The summed E-state index contributed by atoms with van der Waals surface area (Å²) < 4.78 is 14.1. The van der Waals surface area contributed by atoms with Crippen molar-refractivity contribution >= 4 is 11.6 Å². The molecule has 0 unspecified atom stereocenters. The Hall–Kier alpha value is -2.16. The van der Waals surface area contributed by atoms with Crippen LogP contribution in [0.4, 0.5) is 10.1 Å². The van der Waals surface area contributed by atoms with E-state index in [9.17, 15) is 9.18 Å². The van der Waals surface area contributed by atoms with E-state index < -0.39 is 0 Å². The molecule has 106 valence electrons. The van der Waals surface area contributed by atoms with Crippen LogP contribution in [0.2, 0.25) is 0 Å². The van der Waals surface area contributed by atoms with Gasteiger partial charge in [0.1, 0.15) is 5.82 Å². The summed E-state index contributed by atoms with van der Waals surface area (Å²) in [5.74, 6) is -0.446. The molecule has 21 heavy (non-hydrogen) atoms. The van der Waals surface area contributed by atoms with Crippen LogP contribution in [0, 0.1) is 5.82 Å². The third kappa shape index (κ3) is 2.04. The number of amides is 1. The lowest BCUT2D eigenvalue weighted by molar-refractivity contribution is -0.116. The molecule has 1 amide bonds. The van der Waals surface area contributed by atoms with E-state index in [0.29, 0.717) is 12.0 Å². The second kappa shape index (κ2) is 4.69. The normalized spacial score (nSPS) is 19.9. The number of halogens is 1. The van der Waals surface area contributed by atoms with Crippen molar-refractivity contribution in [3.63, 3.8) is 0 Å². The molecule has 1 atom stereocenters. The molecular weight excluding hydrogens is 265 g/mol. The molecule has 3 heteroatoms. The highest BCUT2D eigenvalue weighted by molar-refractivity contribution is 5.95. The first-order valence-corrected chi connectivity index (χ1v) is 7.42. The van der Waals surface area contributed by atoms with Gasteiger partial charge in [0.05, 0.1) is 0 Å². The van der Waals surface area contributed by atoms with Crippen LogP contribution >= 0.6 is 0 Å². The lowest BCUT2D eigenvalue weighted by atomic mass is 9.83. The predicted octanol–water partition coefficient (Wildman–Crippen LogP) is 3.79. The Morgan fingerprint density at radius 3 is 2.62 bits per heavy atom. The Labute approximate surface area is 123 Å². The number of fused-ring (bicyclic) bond motifs is 2. The summed E-state index contributed by atoms with van der Waals surface area (Å²) in [5, 5.41) is 2.95. The largest absolute Gasteiger partial charge is 0.326 e. The number of hydrogen-bond acceptors (Lipinski definition) is 1. The summed E-state index contributed by atoms with van der Waals surface area (Å²) >= 11 is 0. The van der Waals surface area contributed by atoms with Gasteiger partial charge < -0.3 is 5.32 Å². The van der Waals surface area contributed by atoms with Crippen molar-refractivity contribution in [3.8, 4) is 0 Å². The molecule has 0 bridgehead atoms. The number of aryl methyl sites for hydroxylation is 2. The van der Waals surface area contributed by atoms with Crippen molar-refractivity contribution in [2.75, 3.05) is 5.32 Å². The molecule has 4 rings (SSSR count). The Bertz CT molecular complexity index is 738. The van der Waals surface area contributed by atoms with Gasteiger partial charge >= 0.3 is 0 Å². The first-order valence-electron chi connectivity index (χ1n) is 7.42. The summed E-state index contributed by atoms with van der Waals surface area (Å²) in [6.07, 6.45) is 3.63. The summed E-state index contributed by atoms with van der Waals surface area (Å²) in [4.78, 5) is 12.0. The third-order valence-electron chi connectivity index (χ3n) is 4.58. The topological polar surface area (TPSA) is 29.1 Å². The fourth-order valence-corrected chi connectivity index (χ4v) is 3.57. The molecule has 0 aromatic heterocycles. The molecule has 0 radical (unpaired) electrons. The minimum absolute atomic E-state index is 0.0336. The van der Waals surface area contributed by atoms with Crippen LogP contribution in [-0.2, 0) is 17.6 Å². The Morgan fingerprint density at radius 1 is 1.05 bits per heavy atom. The monoisotopic (exact) mass is 281 g/mol. The standard InChI is InChI=1S/C18H16FNO/c19-16-7-2-1-6-13(16)14-10-18(21)20-17-9-12-5-3-4-11(12)8-15(14)17/h1-2,6-9,14H,3-5,10H2,(H,20,21)/t14-/m0/s1. The number of hydrogen-bond donors (Lipinski definition) is 1. The molecule has 2 aliphatic rings. The number of carbonyl (C=O) groups excluding carboxylic acids is 1. The molecule has 1 aliphatic heterocycles. The zero-order chi connectivity index (χ0) is 14.4. The van der Waals surface area contributed by atoms with Crippen LogP contribution in [0.3, 0.4) is 0 Å². The maximum Gasteiger partial charge on any atom is 0.225 e. The molecule has 2 nitrogen and oxygen atoms in total. The highest BCUT2D eigenvalue weighted by Gasteiger charge is 2.29. The van der Waals surface area contributed by atoms with E-state index in [-0.39, 0.29) is 17.6 Å². The van der Waals surface area contributed by atoms with Crippen LogP contribution in [0.1, 0.15) is 41.0 Å².